The molecule has 2 fully saturated rings. The lowest BCUT2D eigenvalue weighted by Gasteiger charge is -2.35. The largest absolute Gasteiger partial charge is 0.282 e. The summed E-state index contributed by atoms with van der Waals surface area (Å²) in [6.45, 7) is 4.16. The van der Waals surface area contributed by atoms with Crippen LogP contribution in [0.5, 0.6) is 0 Å². The van der Waals surface area contributed by atoms with E-state index in [1.807, 2.05) is 11.4 Å². The molecule has 20 heavy (non-hydrogen) atoms. The number of hydrogen-bond acceptors (Lipinski definition) is 3. The van der Waals surface area contributed by atoms with E-state index in [0.29, 0.717) is 25.6 Å². The summed E-state index contributed by atoms with van der Waals surface area (Å²) in [6, 6.07) is 4.12. The number of piperidine rings is 1. The Balaban J connectivity index is 1.83. The SMILES string of the molecule is C[C@H]1CCCN(S(=O)(=O)N2CCC[C@@H]2c2cccs2)C1. The summed E-state index contributed by atoms with van der Waals surface area (Å²) >= 11 is 1.66. The number of rotatable bonds is 3. The lowest BCUT2D eigenvalue weighted by atomic mass is 10.0. The highest BCUT2D eigenvalue weighted by Gasteiger charge is 2.40. The van der Waals surface area contributed by atoms with Crippen LogP contribution >= 0.6 is 11.3 Å². The fraction of sp³-hybridized carbons (Fsp3) is 0.714. The summed E-state index contributed by atoms with van der Waals surface area (Å²) in [7, 11) is -3.30. The second kappa shape index (κ2) is 5.75. The van der Waals surface area contributed by atoms with Gasteiger partial charge in [0.1, 0.15) is 0 Å². The van der Waals surface area contributed by atoms with Gasteiger partial charge in [-0.3, -0.25) is 0 Å². The van der Waals surface area contributed by atoms with Crippen LogP contribution in [0.2, 0.25) is 0 Å². The summed E-state index contributed by atoms with van der Waals surface area (Å²) in [4.78, 5) is 1.18. The molecule has 0 saturated carbocycles. The highest BCUT2D eigenvalue weighted by molar-refractivity contribution is 7.86. The van der Waals surface area contributed by atoms with E-state index in [0.717, 1.165) is 25.7 Å². The van der Waals surface area contributed by atoms with Crippen LogP contribution < -0.4 is 0 Å². The summed E-state index contributed by atoms with van der Waals surface area (Å²) in [5.74, 6) is 0.473. The summed E-state index contributed by atoms with van der Waals surface area (Å²) in [6.07, 6.45) is 4.03. The van der Waals surface area contributed by atoms with Crippen LogP contribution in [0.1, 0.15) is 43.5 Å². The molecule has 3 heterocycles. The van der Waals surface area contributed by atoms with Gasteiger partial charge >= 0.3 is 0 Å². The Hall–Kier alpha value is -0.430. The molecule has 3 rings (SSSR count). The van der Waals surface area contributed by atoms with Gasteiger partial charge < -0.3 is 0 Å². The molecule has 1 aromatic heterocycles. The van der Waals surface area contributed by atoms with Crippen LogP contribution in [0.15, 0.2) is 17.5 Å². The first-order chi connectivity index (χ1) is 9.59. The van der Waals surface area contributed by atoms with Gasteiger partial charge in [0.15, 0.2) is 0 Å². The van der Waals surface area contributed by atoms with Crippen LogP contribution in [0.3, 0.4) is 0 Å². The predicted molar refractivity (Wildman–Crippen MR) is 81.9 cm³/mol. The molecule has 1 aromatic rings. The van der Waals surface area contributed by atoms with Crippen LogP contribution in [0, 0.1) is 5.92 Å². The monoisotopic (exact) mass is 314 g/mol. The van der Waals surface area contributed by atoms with Gasteiger partial charge in [0.2, 0.25) is 0 Å². The molecule has 0 bridgehead atoms. The van der Waals surface area contributed by atoms with E-state index in [1.54, 1.807) is 19.9 Å². The molecule has 0 N–H and O–H groups in total. The van der Waals surface area contributed by atoms with Gasteiger partial charge in [-0.1, -0.05) is 13.0 Å². The standard InChI is InChI=1S/C14H22N2O2S2/c1-12-5-2-8-15(11-12)20(17,18)16-9-3-6-13(16)14-7-4-10-19-14/h4,7,10,12-13H,2-3,5-6,8-9,11H2,1H3/t12-,13+/m0/s1. The lowest BCUT2D eigenvalue weighted by Crippen LogP contribution is -2.47. The molecule has 2 aliphatic rings. The minimum absolute atomic E-state index is 0.0530. The quantitative estimate of drug-likeness (QED) is 0.861. The summed E-state index contributed by atoms with van der Waals surface area (Å²) in [5.41, 5.74) is 0. The summed E-state index contributed by atoms with van der Waals surface area (Å²) < 4.78 is 29.2. The molecule has 4 nitrogen and oxygen atoms in total. The van der Waals surface area contributed by atoms with E-state index >= 15 is 0 Å². The Kier molecular flexibility index (Phi) is 4.17. The van der Waals surface area contributed by atoms with Crippen molar-refractivity contribution in [3.8, 4) is 0 Å². The second-order valence-corrected chi connectivity index (χ2v) is 8.76. The van der Waals surface area contributed by atoms with Gasteiger partial charge in [-0.25, -0.2) is 0 Å². The Labute approximate surface area is 125 Å². The third-order valence-electron chi connectivity index (χ3n) is 4.32. The van der Waals surface area contributed by atoms with Crippen molar-refractivity contribution in [2.24, 2.45) is 5.92 Å². The average Bonchev–Trinajstić information content (AvgIpc) is 3.09. The van der Waals surface area contributed by atoms with Crippen molar-refractivity contribution < 1.29 is 8.42 Å². The molecule has 112 valence electrons. The molecule has 2 aliphatic heterocycles. The molecular weight excluding hydrogens is 292 g/mol. The molecule has 0 unspecified atom stereocenters. The zero-order valence-corrected chi connectivity index (χ0v) is 13.5. The highest BCUT2D eigenvalue weighted by Crippen LogP contribution is 2.38. The zero-order chi connectivity index (χ0) is 14.2. The van der Waals surface area contributed by atoms with Crippen LogP contribution in [0.25, 0.3) is 0 Å². The normalized spacial score (nSPS) is 29.9. The van der Waals surface area contributed by atoms with E-state index in [4.69, 9.17) is 0 Å². The second-order valence-electron chi connectivity index (χ2n) is 5.90. The molecule has 0 spiro atoms. The first-order valence-corrected chi connectivity index (χ1v) is 9.67. The third-order valence-corrected chi connectivity index (χ3v) is 7.31. The van der Waals surface area contributed by atoms with Gasteiger partial charge in [-0.15, -0.1) is 11.3 Å². The number of thiophene rings is 1. The van der Waals surface area contributed by atoms with Crippen LogP contribution in [-0.4, -0.2) is 36.7 Å². The van der Waals surface area contributed by atoms with Crippen molar-refractivity contribution in [2.75, 3.05) is 19.6 Å². The predicted octanol–water partition coefficient (Wildman–Crippen LogP) is 2.86. The smallest absolute Gasteiger partial charge is 0.195 e. The topological polar surface area (TPSA) is 40.6 Å². The minimum Gasteiger partial charge on any atom is -0.195 e. The highest BCUT2D eigenvalue weighted by atomic mass is 32.2. The van der Waals surface area contributed by atoms with Crippen molar-refractivity contribution >= 4 is 21.5 Å². The van der Waals surface area contributed by atoms with Crippen LogP contribution in [0.4, 0.5) is 0 Å². The van der Waals surface area contributed by atoms with Crippen LogP contribution in [-0.2, 0) is 10.2 Å². The molecule has 0 aliphatic carbocycles. The Bertz CT molecular complexity index is 542. The van der Waals surface area contributed by atoms with Crippen molar-refractivity contribution in [3.63, 3.8) is 0 Å². The molecule has 6 heteroatoms. The maximum Gasteiger partial charge on any atom is 0.282 e. The maximum absolute atomic E-state index is 12.9. The van der Waals surface area contributed by atoms with Crippen molar-refractivity contribution in [1.29, 1.82) is 0 Å². The first-order valence-electron chi connectivity index (χ1n) is 7.39. The van der Waals surface area contributed by atoms with E-state index in [-0.39, 0.29) is 6.04 Å². The zero-order valence-electron chi connectivity index (χ0n) is 11.9. The Morgan fingerprint density at radius 3 is 2.75 bits per heavy atom. The minimum atomic E-state index is -3.30. The Morgan fingerprint density at radius 2 is 2.05 bits per heavy atom. The molecular formula is C14H22N2O2S2. The van der Waals surface area contributed by atoms with E-state index in [2.05, 4.69) is 13.0 Å². The molecule has 0 aromatic carbocycles. The van der Waals surface area contributed by atoms with Gasteiger partial charge in [0.25, 0.3) is 10.2 Å². The third kappa shape index (κ3) is 2.66. The average molecular weight is 314 g/mol. The molecule has 0 amide bonds. The van der Waals surface area contributed by atoms with Crippen molar-refractivity contribution in [1.82, 2.24) is 8.61 Å². The maximum atomic E-state index is 12.9. The van der Waals surface area contributed by atoms with E-state index in [1.165, 1.54) is 4.88 Å². The van der Waals surface area contributed by atoms with Gasteiger partial charge in [-0.2, -0.15) is 17.0 Å². The van der Waals surface area contributed by atoms with Gasteiger partial charge in [0.05, 0.1) is 6.04 Å². The van der Waals surface area contributed by atoms with Crippen molar-refractivity contribution in [3.05, 3.63) is 22.4 Å². The number of hydrogen-bond donors (Lipinski definition) is 0. The van der Waals surface area contributed by atoms with Gasteiger partial charge in [0, 0.05) is 24.5 Å². The molecule has 2 saturated heterocycles. The molecule has 0 radical (unpaired) electrons. The van der Waals surface area contributed by atoms with E-state index in [9.17, 15) is 8.42 Å². The first kappa shape index (κ1) is 14.5. The van der Waals surface area contributed by atoms with Gasteiger partial charge in [-0.05, 0) is 43.0 Å². The molecule has 2 atom stereocenters. The number of nitrogens with zero attached hydrogens (tertiary/aromatic N) is 2. The van der Waals surface area contributed by atoms with E-state index < -0.39 is 10.2 Å². The summed E-state index contributed by atoms with van der Waals surface area (Å²) in [5, 5.41) is 2.03. The fourth-order valence-corrected chi connectivity index (χ4v) is 6.23. The Morgan fingerprint density at radius 1 is 1.25 bits per heavy atom. The van der Waals surface area contributed by atoms with Crippen molar-refractivity contribution in [2.45, 2.75) is 38.6 Å². The lowest BCUT2D eigenvalue weighted by molar-refractivity contribution is 0.254. The fourth-order valence-electron chi connectivity index (χ4n) is 3.29.